The molecule has 2 unspecified atom stereocenters. The van der Waals surface area contributed by atoms with Crippen LogP contribution < -0.4 is 4.90 Å². The molecule has 4 fully saturated rings. The van der Waals surface area contributed by atoms with Gasteiger partial charge < -0.3 is 14.7 Å². The van der Waals surface area contributed by atoms with Crippen molar-refractivity contribution >= 4 is 11.7 Å². The highest BCUT2D eigenvalue weighted by molar-refractivity contribution is 5.82. The van der Waals surface area contributed by atoms with E-state index in [0.717, 1.165) is 31.9 Å². The lowest BCUT2D eigenvalue weighted by molar-refractivity contribution is -0.127. The zero-order chi connectivity index (χ0) is 22.2. The molecule has 2 bridgehead atoms. The molecule has 0 aromatic carbocycles. The SMILES string of the molecule is CC(C)C(=O)[C@H]1CC[C@@H](N2CCC(c3cnc(N4C5CCC4CN(C)C5)nc3)CC2)CC1. The molecule has 6 nitrogen and oxygen atoms in total. The molecule has 3 aliphatic heterocycles. The summed E-state index contributed by atoms with van der Waals surface area (Å²) in [4.78, 5) is 29.7. The van der Waals surface area contributed by atoms with Gasteiger partial charge in [0.15, 0.2) is 0 Å². The van der Waals surface area contributed by atoms with Gasteiger partial charge in [0.05, 0.1) is 0 Å². The van der Waals surface area contributed by atoms with Gasteiger partial charge >= 0.3 is 0 Å². The first-order valence-electron chi connectivity index (χ1n) is 13.1. The van der Waals surface area contributed by atoms with Crippen molar-refractivity contribution in [3.05, 3.63) is 18.0 Å². The summed E-state index contributed by atoms with van der Waals surface area (Å²) in [5, 5.41) is 0. The Hall–Kier alpha value is -1.53. The summed E-state index contributed by atoms with van der Waals surface area (Å²) in [7, 11) is 2.23. The average Bonchev–Trinajstić information content (AvgIpc) is 3.09. The van der Waals surface area contributed by atoms with Crippen LogP contribution >= 0.6 is 0 Å². The van der Waals surface area contributed by atoms with Gasteiger partial charge in [-0.25, -0.2) is 9.97 Å². The van der Waals surface area contributed by atoms with Crippen molar-refractivity contribution in [1.82, 2.24) is 19.8 Å². The summed E-state index contributed by atoms with van der Waals surface area (Å²) in [6.45, 7) is 8.70. The Bertz CT molecular complexity index is 766. The molecular formula is C26H41N5O. The van der Waals surface area contributed by atoms with Crippen LogP contribution in [0, 0.1) is 11.8 Å². The minimum atomic E-state index is 0.187. The van der Waals surface area contributed by atoms with Gasteiger partial charge in [0.25, 0.3) is 0 Å². The normalized spacial score (nSPS) is 32.6. The highest BCUT2D eigenvalue weighted by Crippen LogP contribution is 2.36. The quantitative estimate of drug-likeness (QED) is 0.697. The molecule has 5 rings (SSSR count). The number of aromatic nitrogens is 2. The molecule has 176 valence electrons. The number of likely N-dealkylation sites (N-methyl/N-ethyl adjacent to an activating group) is 1. The number of fused-ring (bicyclic) bond motifs is 2. The van der Waals surface area contributed by atoms with E-state index in [4.69, 9.17) is 9.97 Å². The van der Waals surface area contributed by atoms with Crippen LogP contribution in [-0.4, -0.2) is 76.9 Å². The van der Waals surface area contributed by atoms with Gasteiger partial charge in [-0.2, -0.15) is 0 Å². The summed E-state index contributed by atoms with van der Waals surface area (Å²) >= 11 is 0. The molecule has 0 radical (unpaired) electrons. The molecule has 3 saturated heterocycles. The van der Waals surface area contributed by atoms with Crippen molar-refractivity contribution in [1.29, 1.82) is 0 Å². The van der Waals surface area contributed by atoms with Gasteiger partial charge in [0.2, 0.25) is 5.95 Å². The Balaban J connectivity index is 1.12. The van der Waals surface area contributed by atoms with E-state index in [0.29, 0.717) is 35.7 Å². The smallest absolute Gasteiger partial charge is 0.225 e. The molecule has 2 atom stereocenters. The van der Waals surface area contributed by atoms with Gasteiger partial charge in [-0.15, -0.1) is 0 Å². The van der Waals surface area contributed by atoms with Crippen LogP contribution in [0.2, 0.25) is 0 Å². The third kappa shape index (κ3) is 4.45. The van der Waals surface area contributed by atoms with Gasteiger partial charge in [-0.1, -0.05) is 13.8 Å². The number of nitrogens with zero attached hydrogens (tertiary/aromatic N) is 5. The average molecular weight is 440 g/mol. The molecule has 1 aromatic heterocycles. The monoisotopic (exact) mass is 439 g/mol. The second-order valence-corrected chi connectivity index (χ2v) is 11.2. The lowest BCUT2D eigenvalue weighted by Crippen LogP contribution is -2.53. The first-order valence-corrected chi connectivity index (χ1v) is 13.1. The summed E-state index contributed by atoms with van der Waals surface area (Å²) in [6.07, 6.45) is 13.7. The fourth-order valence-corrected chi connectivity index (χ4v) is 6.91. The minimum absolute atomic E-state index is 0.187. The second-order valence-electron chi connectivity index (χ2n) is 11.2. The van der Waals surface area contributed by atoms with Crippen molar-refractivity contribution in [2.45, 2.75) is 89.3 Å². The van der Waals surface area contributed by atoms with E-state index in [1.54, 1.807) is 0 Å². The number of likely N-dealkylation sites (tertiary alicyclic amines) is 2. The van der Waals surface area contributed by atoms with Crippen LogP contribution in [0.5, 0.6) is 0 Å². The maximum Gasteiger partial charge on any atom is 0.225 e. The molecule has 0 N–H and O–H groups in total. The summed E-state index contributed by atoms with van der Waals surface area (Å²) in [5.74, 6) is 2.51. The Kier molecular flexibility index (Phi) is 6.53. The number of hydrogen-bond acceptors (Lipinski definition) is 6. The Morgan fingerprint density at radius 2 is 1.44 bits per heavy atom. The first-order chi connectivity index (χ1) is 15.5. The Morgan fingerprint density at radius 3 is 2.00 bits per heavy atom. The van der Waals surface area contributed by atoms with E-state index in [-0.39, 0.29) is 5.92 Å². The number of piperazine rings is 1. The topological polar surface area (TPSA) is 52.6 Å². The predicted molar refractivity (Wildman–Crippen MR) is 128 cm³/mol. The van der Waals surface area contributed by atoms with E-state index < -0.39 is 0 Å². The molecule has 1 aromatic rings. The minimum Gasteiger partial charge on any atom is -0.332 e. The summed E-state index contributed by atoms with van der Waals surface area (Å²) < 4.78 is 0. The summed E-state index contributed by atoms with van der Waals surface area (Å²) in [6, 6.07) is 1.84. The van der Waals surface area contributed by atoms with Crippen LogP contribution in [0.15, 0.2) is 12.4 Å². The molecule has 0 amide bonds. The number of carbonyl (C=O) groups excluding carboxylic acids is 1. The second kappa shape index (κ2) is 9.38. The predicted octanol–water partition coefficient (Wildman–Crippen LogP) is 3.72. The Morgan fingerprint density at radius 1 is 0.875 bits per heavy atom. The van der Waals surface area contributed by atoms with Crippen LogP contribution in [0.25, 0.3) is 0 Å². The molecule has 0 spiro atoms. The number of anilines is 1. The number of Topliss-reactive ketones (excluding diaryl/α,β-unsaturated/α-hetero) is 1. The number of carbonyl (C=O) groups is 1. The van der Waals surface area contributed by atoms with Crippen molar-refractivity contribution in [3.63, 3.8) is 0 Å². The van der Waals surface area contributed by atoms with E-state index in [1.165, 1.54) is 57.2 Å². The molecular weight excluding hydrogens is 398 g/mol. The van der Waals surface area contributed by atoms with Gasteiger partial charge in [0.1, 0.15) is 5.78 Å². The number of rotatable bonds is 5. The molecule has 6 heteroatoms. The van der Waals surface area contributed by atoms with Crippen LogP contribution in [-0.2, 0) is 4.79 Å². The number of hydrogen-bond donors (Lipinski definition) is 0. The van der Waals surface area contributed by atoms with Crippen molar-refractivity contribution in [3.8, 4) is 0 Å². The third-order valence-electron chi connectivity index (χ3n) is 8.74. The van der Waals surface area contributed by atoms with Crippen LogP contribution in [0.3, 0.4) is 0 Å². The zero-order valence-corrected chi connectivity index (χ0v) is 20.2. The van der Waals surface area contributed by atoms with E-state index >= 15 is 0 Å². The van der Waals surface area contributed by atoms with Crippen LogP contribution in [0.4, 0.5) is 5.95 Å². The lowest BCUT2D eigenvalue weighted by Gasteiger charge is -2.41. The summed E-state index contributed by atoms with van der Waals surface area (Å²) in [5.41, 5.74) is 1.32. The molecule has 1 saturated carbocycles. The van der Waals surface area contributed by atoms with E-state index in [9.17, 15) is 4.79 Å². The van der Waals surface area contributed by atoms with Gasteiger partial charge in [-0.3, -0.25) is 4.79 Å². The molecule has 4 aliphatic rings. The van der Waals surface area contributed by atoms with Crippen molar-refractivity contribution < 1.29 is 4.79 Å². The van der Waals surface area contributed by atoms with Gasteiger partial charge in [0, 0.05) is 55.4 Å². The highest BCUT2D eigenvalue weighted by Gasteiger charge is 2.40. The van der Waals surface area contributed by atoms with Gasteiger partial charge in [-0.05, 0) is 83.0 Å². The van der Waals surface area contributed by atoms with Crippen LogP contribution in [0.1, 0.15) is 76.7 Å². The molecule has 1 aliphatic carbocycles. The zero-order valence-electron chi connectivity index (χ0n) is 20.2. The number of ketones is 1. The maximum absolute atomic E-state index is 12.3. The fraction of sp³-hybridized carbons (Fsp3) is 0.808. The standard InChI is InChI=1S/C26H41N5O/c1-18(2)25(32)20-4-6-22(7-5-20)30-12-10-19(11-13-30)21-14-27-26(28-15-21)31-23-8-9-24(31)17-29(3)16-23/h14-15,18-20,22-24H,4-13,16-17H2,1-3H3/t20-,22+,23?,24?. The van der Waals surface area contributed by atoms with Crippen molar-refractivity contribution in [2.75, 3.05) is 38.1 Å². The van der Waals surface area contributed by atoms with E-state index in [1.807, 2.05) is 13.8 Å². The lowest BCUT2D eigenvalue weighted by atomic mass is 9.79. The Labute approximate surface area is 193 Å². The highest BCUT2D eigenvalue weighted by atomic mass is 16.1. The van der Waals surface area contributed by atoms with E-state index in [2.05, 4.69) is 34.1 Å². The first kappa shape index (κ1) is 22.3. The largest absolute Gasteiger partial charge is 0.332 e. The third-order valence-corrected chi connectivity index (χ3v) is 8.74. The molecule has 4 heterocycles. The number of piperidine rings is 1. The molecule has 32 heavy (non-hydrogen) atoms. The maximum atomic E-state index is 12.3. The van der Waals surface area contributed by atoms with Crippen molar-refractivity contribution in [2.24, 2.45) is 11.8 Å². The fourth-order valence-electron chi connectivity index (χ4n) is 6.91.